The molecule has 3 heterocycles. The topological polar surface area (TPSA) is 45.2 Å². The molecule has 2 saturated heterocycles. The molecule has 1 N–H and O–H groups in total. The predicted octanol–water partition coefficient (Wildman–Crippen LogP) is 2.54. The van der Waals surface area contributed by atoms with Crippen molar-refractivity contribution in [1.82, 2.24) is 15.2 Å². The molecular weight excluding hydrogens is 294 g/mol. The highest BCUT2D eigenvalue weighted by molar-refractivity contribution is 7.09. The fraction of sp³-hybridized carbons (Fsp3) is 0.714. The van der Waals surface area contributed by atoms with E-state index in [9.17, 15) is 4.79 Å². The zero-order valence-corrected chi connectivity index (χ0v) is 13.2. The molecule has 20 heavy (non-hydrogen) atoms. The van der Waals surface area contributed by atoms with Gasteiger partial charge in [-0.2, -0.15) is 0 Å². The summed E-state index contributed by atoms with van der Waals surface area (Å²) >= 11 is 7.55. The fourth-order valence-corrected chi connectivity index (χ4v) is 4.71. The number of nitrogens with one attached hydrogen (secondary N) is 1. The number of nitrogens with zero attached hydrogens (tertiary/aromatic N) is 2. The maximum atomic E-state index is 11.9. The van der Waals surface area contributed by atoms with Crippen LogP contribution in [0, 0.1) is 5.92 Å². The smallest absolute Gasteiger partial charge is 0.224 e. The van der Waals surface area contributed by atoms with Crippen molar-refractivity contribution in [2.75, 3.05) is 13.1 Å². The Balaban J connectivity index is 1.83. The summed E-state index contributed by atoms with van der Waals surface area (Å²) in [5.41, 5.74) is 0.958. The Labute approximate surface area is 128 Å². The van der Waals surface area contributed by atoms with Gasteiger partial charge in [-0.25, -0.2) is 4.98 Å². The maximum Gasteiger partial charge on any atom is 0.224 e. The van der Waals surface area contributed by atoms with Gasteiger partial charge < -0.3 is 5.32 Å². The number of aromatic nitrogens is 1. The number of halogens is 1. The van der Waals surface area contributed by atoms with E-state index < -0.39 is 0 Å². The number of rotatable bonds is 4. The molecule has 3 unspecified atom stereocenters. The number of piperidine rings is 1. The molecule has 2 aliphatic heterocycles. The van der Waals surface area contributed by atoms with Gasteiger partial charge in [0.25, 0.3) is 0 Å². The summed E-state index contributed by atoms with van der Waals surface area (Å²) in [6.07, 6.45) is 3.14. The monoisotopic (exact) mass is 313 g/mol. The third-order valence-electron chi connectivity index (χ3n) is 4.42. The Hall–Kier alpha value is -0.650. The molecule has 3 rings (SSSR count). The van der Waals surface area contributed by atoms with Gasteiger partial charge in [0, 0.05) is 18.0 Å². The van der Waals surface area contributed by atoms with Crippen molar-refractivity contribution in [3.8, 4) is 0 Å². The van der Waals surface area contributed by atoms with Crippen LogP contribution in [0.2, 0.25) is 0 Å². The molecule has 3 atom stereocenters. The van der Waals surface area contributed by atoms with Gasteiger partial charge in [-0.3, -0.25) is 9.69 Å². The van der Waals surface area contributed by atoms with Gasteiger partial charge in [0.05, 0.1) is 23.5 Å². The number of amides is 1. The predicted molar refractivity (Wildman–Crippen MR) is 80.9 cm³/mol. The molecule has 0 aliphatic carbocycles. The lowest BCUT2D eigenvalue weighted by Gasteiger charge is -2.40. The molecule has 2 fully saturated rings. The lowest BCUT2D eigenvalue weighted by atomic mass is 9.90. The first-order chi connectivity index (χ1) is 9.74. The molecule has 6 heteroatoms. The van der Waals surface area contributed by atoms with Crippen molar-refractivity contribution in [2.24, 2.45) is 5.92 Å². The molecule has 4 nitrogen and oxygen atoms in total. The van der Waals surface area contributed by atoms with Crippen LogP contribution < -0.4 is 5.32 Å². The molecule has 0 radical (unpaired) electrons. The highest BCUT2D eigenvalue weighted by Crippen LogP contribution is 2.36. The molecule has 1 aromatic heterocycles. The van der Waals surface area contributed by atoms with E-state index in [1.807, 2.05) is 5.38 Å². The number of alkyl halides is 1. The Morgan fingerprint density at radius 1 is 1.65 bits per heavy atom. The minimum Gasteiger partial charge on any atom is -0.354 e. The summed E-state index contributed by atoms with van der Waals surface area (Å²) in [4.78, 5) is 19.0. The van der Waals surface area contributed by atoms with Crippen LogP contribution in [0.1, 0.15) is 42.9 Å². The number of likely N-dealkylation sites (tertiary alicyclic amines) is 1. The third kappa shape index (κ3) is 2.47. The largest absolute Gasteiger partial charge is 0.354 e. The van der Waals surface area contributed by atoms with Gasteiger partial charge >= 0.3 is 0 Å². The Morgan fingerprint density at radius 2 is 2.50 bits per heavy atom. The second kappa shape index (κ2) is 6.00. The van der Waals surface area contributed by atoms with E-state index in [1.54, 1.807) is 11.3 Å². The van der Waals surface area contributed by atoms with Gasteiger partial charge in [-0.1, -0.05) is 6.92 Å². The lowest BCUT2D eigenvalue weighted by molar-refractivity contribution is -0.124. The van der Waals surface area contributed by atoms with E-state index in [0.717, 1.165) is 43.1 Å². The second-order valence-corrected chi connectivity index (χ2v) is 6.69. The number of thiazole rings is 1. The third-order valence-corrected chi connectivity index (χ3v) is 5.69. The van der Waals surface area contributed by atoms with Crippen molar-refractivity contribution in [3.63, 3.8) is 0 Å². The first-order valence-corrected chi connectivity index (χ1v) is 8.69. The maximum absolute atomic E-state index is 11.9. The van der Waals surface area contributed by atoms with Crippen LogP contribution in [-0.2, 0) is 10.7 Å². The highest BCUT2D eigenvalue weighted by Gasteiger charge is 2.43. The van der Waals surface area contributed by atoms with Crippen molar-refractivity contribution < 1.29 is 4.79 Å². The van der Waals surface area contributed by atoms with Crippen molar-refractivity contribution in [3.05, 3.63) is 16.1 Å². The molecule has 0 bridgehead atoms. The van der Waals surface area contributed by atoms with E-state index in [4.69, 9.17) is 11.6 Å². The molecule has 1 aromatic rings. The van der Waals surface area contributed by atoms with Crippen molar-refractivity contribution >= 4 is 28.8 Å². The summed E-state index contributed by atoms with van der Waals surface area (Å²) in [6, 6.07) is 0.655. The zero-order chi connectivity index (χ0) is 14.1. The molecule has 1 amide bonds. The normalized spacial score (nSPS) is 28.2. The summed E-state index contributed by atoms with van der Waals surface area (Å²) in [6.45, 7) is 4.04. The van der Waals surface area contributed by atoms with Crippen LogP contribution >= 0.6 is 22.9 Å². The summed E-state index contributed by atoms with van der Waals surface area (Å²) in [5, 5.41) is 6.21. The molecule has 0 saturated carbocycles. The molecule has 0 spiro atoms. The fourth-order valence-electron chi connectivity index (χ4n) is 3.46. The molecule has 0 aromatic carbocycles. The van der Waals surface area contributed by atoms with E-state index in [-0.39, 0.29) is 11.8 Å². The number of hydrogen-bond donors (Lipinski definition) is 1. The first kappa shape index (κ1) is 14.3. The number of carbonyl (C=O) groups excluding carboxylic acids is 1. The lowest BCUT2D eigenvalue weighted by Crippen LogP contribution is -2.47. The van der Waals surface area contributed by atoms with E-state index in [2.05, 4.69) is 22.1 Å². The Bertz CT molecular complexity index is 493. The van der Waals surface area contributed by atoms with Crippen molar-refractivity contribution in [2.45, 2.75) is 44.1 Å². The second-order valence-electron chi connectivity index (χ2n) is 5.53. The summed E-state index contributed by atoms with van der Waals surface area (Å²) in [7, 11) is 0. The summed E-state index contributed by atoms with van der Waals surface area (Å²) < 4.78 is 0. The van der Waals surface area contributed by atoms with E-state index in [0.29, 0.717) is 18.0 Å². The van der Waals surface area contributed by atoms with Gasteiger partial charge in [0.2, 0.25) is 5.91 Å². The van der Waals surface area contributed by atoms with Crippen LogP contribution in [0.25, 0.3) is 0 Å². The molecular formula is C14H20ClN3OS. The summed E-state index contributed by atoms with van der Waals surface area (Å²) in [5.74, 6) is 0.874. The first-order valence-electron chi connectivity index (χ1n) is 7.28. The van der Waals surface area contributed by atoms with E-state index >= 15 is 0 Å². The number of carbonyl (C=O) groups is 1. The van der Waals surface area contributed by atoms with E-state index in [1.165, 1.54) is 0 Å². The van der Waals surface area contributed by atoms with Gasteiger partial charge in [-0.15, -0.1) is 22.9 Å². The standard InChI is InChI=1S/C14H20ClN3OS/c1-2-11(14-17-9(6-15)8-20-14)18-5-3-4-10-12(18)7-16-13(10)19/h8,10-12H,2-7H2,1H3,(H,16,19). The van der Waals surface area contributed by atoms with Crippen LogP contribution in [0.4, 0.5) is 0 Å². The van der Waals surface area contributed by atoms with Crippen molar-refractivity contribution in [1.29, 1.82) is 0 Å². The molecule has 110 valence electrons. The van der Waals surface area contributed by atoms with Gasteiger partial charge in [0.1, 0.15) is 5.01 Å². The quantitative estimate of drug-likeness (QED) is 0.869. The van der Waals surface area contributed by atoms with Crippen LogP contribution in [0.3, 0.4) is 0 Å². The minimum atomic E-state index is 0.172. The number of hydrogen-bond acceptors (Lipinski definition) is 4. The Morgan fingerprint density at radius 3 is 3.20 bits per heavy atom. The highest BCUT2D eigenvalue weighted by atomic mass is 35.5. The average Bonchev–Trinajstić information content (AvgIpc) is 3.08. The average molecular weight is 314 g/mol. The minimum absolute atomic E-state index is 0.172. The van der Waals surface area contributed by atoms with Crippen LogP contribution in [-0.4, -0.2) is 34.9 Å². The number of fused-ring (bicyclic) bond motifs is 1. The van der Waals surface area contributed by atoms with Gasteiger partial charge in [-0.05, 0) is 25.8 Å². The SMILES string of the molecule is CCC(c1nc(CCl)cs1)N1CCCC2C(=O)NCC21. The molecule has 2 aliphatic rings. The van der Waals surface area contributed by atoms with Gasteiger partial charge in [0.15, 0.2) is 0 Å². The van der Waals surface area contributed by atoms with Crippen LogP contribution in [0.15, 0.2) is 5.38 Å². The zero-order valence-electron chi connectivity index (χ0n) is 11.6. The Kier molecular flexibility index (Phi) is 4.29. The van der Waals surface area contributed by atoms with Crippen LogP contribution in [0.5, 0.6) is 0 Å².